The van der Waals surface area contributed by atoms with Crippen LogP contribution in [0.5, 0.6) is 0 Å². The van der Waals surface area contributed by atoms with Crippen LogP contribution >= 0.6 is 23.2 Å². The molecule has 0 aromatic heterocycles. The number of alkyl halides is 3. The van der Waals surface area contributed by atoms with Gasteiger partial charge in [0, 0.05) is 5.56 Å². The van der Waals surface area contributed by atoms with Gasteiger partial charge in [0.25, 0.3) is 11.8 Å². The number of rotatable bonds is 3. The highest BCUT2D eigenvalue weighted by molar-refractivity contribution is 6.42. The molecule has 2 rings (SSSR count). The molecule has 0 aliphatic carbocycles. The molecule has 2 amide bonds. The molecule has 1 unspecified atom stereocenters. The van der Waals surface area contributed by atoms with E-state index in [0.717, 1.165) is 0 Å². The molecule has 1 heterocycles. The third-order valence-corrected chi connectivity index (χ3v) is 4.01. The minimum absolute atomic E-state index is 0.0203. The van der Waals surface area contributed by atoms with E-state index in [9.17, 15) is 22.8 Å². The van der Waals surface area contributed by atoms with Gasteiger partial charge in [-0.3, -0.25) is 9.59 Å². The predicted molar refractivity (Wildman–Crippen MR) is 81.7 cm³/mol. The van der Waals surface area contributed by atoms with Crippen molar-refractivity contribution in [3.05, 3.63) is 33.3 Å². The average molecular weight is 383 g/mol. The largest absolute Gasteiger partial charge is 0.406 e. The van der Waals surface area contributed by atoms with Gasteiger partial charge in [-0.2, -0.15) is 18.2 Å². The van der Waals surface area contributed by atoms with Crippen LogP contribution in [-0.4, -0.2) is 35.4 Å². The first kappa shape index (κ1) is 18.3. The Labute approximate surface area is 144 Å². The highest BCUT2D eigenvalue weighted by Gasteiger charge is 2.44. The van der Waals surface area contributed by atoms with Crippen molar-refractivity contribution >= 4 is 41.0 Å². The van der Waals surface area contributed by atoms with E-state index >= 15 is 0 Å². The van der Waals surface area contributed by atoms with Crippen LogP contribution in [0.1, 0.15) is 28.4 Å². The molecule has 6 nitrogen and oxygen atoms in total. The highest BCUT2D eigenvalue weighted by Crippen LogP contribution is 2.41. The molecule has 0 spiro atoms. The zero-order valence-electron chi connectivity index (χ0n) is 11.9. The van der Waals surface area contributed by atoms with Crippen LogP contribution in [-0.2, 0) is 4.79 Å². The molecule has 24 heavy (non-hydrogen) atoms. The summed E-state index contributed by atoms with van der Waals surface area (Å²) >= 11 is 11.7. The van der Waals surface area contributed by atoms with Gasteiger partial charge in [0.2, 0.25) is 0 Å². The zero-order valence-corrected chi connectivity index (χ0v) is 13.4. The molecular formula is C13H11Cl2F3N4O2. The number of nitrogens with zero attached hydrogens (tertiary/aromatic N) is 2. The third-order valence-electron chi connectivity index (χ3n) is 3.29. The van der Waals surface area contributed by atoms with Crippen molar-refractivity contribution in [1.82, 2.24) is 4.90 Å². The third kappa shape index (κ3) is 3.90. The van der Waals surface area contributed by atoms with Gasteiger partial charge in [-0.05, 0) is 17.7 Å². The number of benzene rings is 1. The van der Waals surface area contributed by atoms with Crippen LogP contribution in [0.15, 0.2) is 17.1 Å². The molecule has 1 aliphatic rings. The topological polar surface area (TPSA) is 102 Å². The summed E-state index contributed by atoms with van der Waals surface area (Å²) in [6.07, 6.45) is -5.17. The van der Waals surface area contributed by atoms with E-state index in [4.69, 9.17) is 34.7 Å². The number of carbonyl (C=O) groups excluding carboxylic acids is 2. The summed E-state index contributed by atoms with van der Waals surface area (Å²) < 4.78 is 38.4. The number of guanidine groups is 1. The Bertz CT molecular complexity index is 733. The van der Waals surface area contributed by atoms with Crippen molar-refractivity contribution in [3.63, 3.8) is 0 Å². The maximum Gasteiger partial charge on any atom is 0.406 e. The van der Waals surface area contributed by atoms with Crippen LogP contribution < -0.4 is 11.5 Å². The first-order valence-electron chi connectivity index (χ1n) is 6.48. The van der Waals surface area contributed by atoms with Crippen molar-refractivity contribution < 1.29 is 22.8 Å². The maximum atomic E-state index is 12.8. The van der Waals surface area contributed by atoms with E-state index in [1.807, 2.05) is 0 Å². The molecule has 1 aromatic rings. The first-order chi connectivity index (χ1) is 11.0. The van der Waals surface area contributed by atoms with Gasteiger partial charge >= 0.3 is 6.18 Å². The Kier molecular flexibility index (Phi) is 4.95. The summed E-state index contributed by atoms with van der Waals surface area (Å²) in [6, 6.07) is 1.25. The van der Waals surface area contributed by atoms with E-state index in [0.29, 0.717) is 4.90 Å². The van der Waals surface area contributed by atoms with Crippen molar-refractivity contribution in [1.29, 1.82) is 0 Å². The summed E-state index contributed by atoms with van der Waals surface area (Å²) in [6.45, 7) is -1.53. The molecule has 1 atom stereocenters. The van der Waals surface area contributed by atoms with Crippen molar-refractivity contribution in [3.8, 4) is 0 Å². The number of nitrogens with two attached hydrogens (primary N) is 2. The standard InChI is InChI=1S/C13H11Cl2F3N4O2/c14-7-1-5-6(2-8(7)15)11(24)22(4-13(16,17)18)9(5)3-10(23)21-12(19)20/h1-2,9H,3-4H2,(H4,19,20,21,23). The Hall–Kier alpha value is -2.00. The summed E-state index contributed by atoms with van der Waals surface area (Å²) in [7, 11) is 0. The van der Waals surface area contributed by atoms with E-state index in [-0.39, 0.29) is 21.2 Å². The van der Waals surface area contributed by atoms with Crippen LogP contribution in [0.3, 0.4) is 0 Å². The fourth-order valence-corrected chi connectivity index (χ4v) is 2.77. The number of amides is 2. The lowest BCUT2D eigenvalue weighted by molar-refractivity contribution is -0.145. The van der Waals surface area contributed by atoms with Crippen molar-refractivity contribution in [2.45, 2.75) is 18.6 Å². The van der Waals surface area contributed by atoms with Gasteiger partial charge in [-0.15, -0.1) is 0 Å². The fourth-order valence-electron chi connectivity index (χ4n) is 2.44. The number of fused-ring (bicyclic) bond motifs is 1. The van der Waals surface area contributed by atoms with E-state index in [2.05, 4.69) is 4.99 Å². The SMILES string of the molecule is NC(N)=NC(=O)CC1c2cc(Cl)c(Cl)cc2C(=O)N1CC(F)(F)F. The lowest BCUT2D eigenvalue weighted by Crippen LogP contribution is -2.37. The Morgan fingerprint density at radius 3 is 2.38 bits per heavy atom. The second-order valence-electron chi connectivity index (χ2n) is 5.05. The van der Waals surface area contributed by atoms with Gasteiger partial charge in [-0.25, -0.2) is 0 Å². The van der Waals surface area contributed by atoms with Gasteiger partial charge in [-0.1, -0.05) is 23.2 Å². The fraction of sp³-hybridized carbons (Fsp3) is 0.308. The van der Waals surface area contributed by atoms with E-state index in [1.165, 1.54) is 12.1 Å². The van der Waals surface area contributed by atoms with Gasteiger partial charge in [0.1, 0.15) is 6.54 Å². The molecule has 0 radical (unpaired) electrons. The summed E-state index contributed by atoms with van der Waals surface area (Å²) in [5.41, 5.74) is 10.3. The normalized spacial score (nSPS) is 17.0. The highest BCUT2D eigenvalue weighted by atomic mass is 35.5. The molecule has 1 aliphatic heterocycles. The molecule has 130 valence electrons. The number of aliphatic imine (C=N–C) groups is 1. The lowest BCUT2D eigenvalue weighted by Gasteiger charge is -2.25. The minimum atomic E-state index is -4.65. The number of carbonyl (C=O) groups is 2. The molecule has 0 saturated heterocycles. The number of halogens is 5. The second kappa shape index (κ2) is 6.48. The Balaban J connectivity index is 2.45. The number of hydrogen-bond donors (Lipinski definition) is 2. The smallest absolute Gasteiger partial charge is 0.370 e. The Morgan fingerprint density at radius 1 is 1.25 bits per heavy atom. The Morgan fingerprint density at radius 2 is 1.83 bits per heavy atom. The average Bonchev–Trinajstić information content (AvgIpc) is 2.63. The van der Waals surface area contributed by atoms with Gasteiger partial charge in [0.15, 0.2) is 5.96 Å². The van der Waals surface area contributed by atoms with E-state index in [1.54, 1.807) is 0 Å². The van der Waals surface area contributed by atoms with Crippen LogP contribution in [0.2, 0.25) is 10.0 Å². The zero-order chi connectivity index (χ0) is 18.2. The second-order valence-corrected chi connectivity index (χ2v) is 5.87. The molecular weight excluding hydrogens is 372 g/mol. The summed E-state index contributed by atoms with van der Waals surface area (Å²) in [4.78, 5) is 27.8. The maximum absolute atomic E-state index is 12.8. The van der Waals surface area contributed by atoms with Crippen LogP contribution in [0, 0.1) is 0 Å². The monoisotopic (exact) mass is 382 g/mol. The number of hydrogen-bond acceptors (Lipinski definition) is 2. The molecule has 0 saturated carbocycles. The molecule has 0 fully saturated rings. The van der Waals surface area contributed by atoms with E-state index < -0.39 is 43.0 Å². The predicted octanol–water partition coefficient (Wildman–Crippen LogP) is 2.24. The van der Waals surface area contributed by atoms with Crippen LogP contribution in [0.4, 0.5) is 13.2 Å². The van der Waals surface area contributed by atoms with Crippen molar-refractivity contribution in [2.24, 2.45) is 16.5 Å². The molecule has 1 aromatic carbocycles. The van der Waals surface area contributed by atoms with Gasteiger partial charge < -0.3 is 16.4 Å². The van der Waals surface area contributed by atoms with Gasteiger partial charge in [0.05, 0.1) is 22.5 Å². The summed E-state index contributed by atoms with van der Waals surface area (Å²) in [5, 5.41) is 0.0725. The first-order valence-corrected chi connectivity index (χ1v) is 7.24. The quantitative estimate of drug-likeness (QED) is 0.618. The molecule has 0 bridgehead atoms. The summed E-state index contributed by atoms with van der Waals surface area (Å²) in [5.74, 6) is -2.29. The molecule has 11 heteroatoms. The van der Waals surface area contributed by atoms with Crippen LogP contribution in [0.25, 0.3) is 0 Å². The minimum Gasteiger partial charge on any atom is -0.370 e. The van der Waals surface area contributed by atoms with Crippen molar-refractivity contribution in [2.75, 3.05) is 6.54 Å². The molecule has 4 N–H and O–H groups in total. The lowest BCUT2D eigenvalue weighted by atomic mass is 10.0.